The SMILES string of the molecule is CCNC(=O)CC1SC(=Nc2cc([N+](=O)[O-])ccc2C)N(C)C1=O. The van der Waals surface area contributed by atoms with Crippen molar-refractivity contribution >= 4 is 40.1 Å². The fraction of sp³-hybridized carbons (Fsp3) is 0.400. The van der Waals surface area contributed by atoms with Crippen LogP contribution in [0.2, 0.25) is 0 Å². The number of nitro groups is 1. The molecule has 0 radical (unpaired) electrons. The fourth-order valence-corrected chi connectivity index (χ4v) is 3.32. The maximum absolute atomic E-state index is 12.2. The van der Waals surface area contributed by atoms with E-state index in [-0.39, 0.29) is 23.9 Å². The van der Waals surface area contributed by atoms with E-state index in [4.69, 9.17) is 0 Å². The van der Waals surface area contributed by atoms with Gasteiger partial charge in [0.15, 0.2) is 5.17 Å². The summed E-state index contributed by atoms with van der Waals surface area (Å²) in [5, 5.41) is 13.5. The first-order valence-electron chi connectivity index (χ1n) is 7.38. The summed E-state index contributed by atoms with van der Waals surface area (Å²) in [5.41, 5.74) is 1.14. The third kappa shape index (κ3) is 3.91. The van der Waals surface area contributed by atoms with Gasteiger partial charge in [-0.15, -0.1) is 0 Å². The van der Waals surface area contributed by atoms with Crippen LogP contribution in [0.5, 0.6) is 0 Å². The lowest BCUT2D eigenvalue weighted by Crippen LogP contribution is -2.32. The highest BCUT2D eigenvalue weighted by Gasteiger charge is 2.37. The number of non-ortho nitro benzene ring substituents is 1. The molecule has 1 aliphatic heterocycles. The minimum atomic E-state index is -0.528. The van der Waals surface area contributed by atoms with Crippen LogP contribution in [0.4, 0.5) is 11.4 Å². The van der Waals surface area contributed by atoms with Crippen molar-refractivity contribution in [3.8, 4) is 0 Å². The minimum absolute atomic E-state index is 0.0594. The van der Waals surface area contributed by atoms with E-state index in [9.17, 15) is 19.7 Å². The second-order valence-corrected chi connectivity index (χ2v) is 6.45. The summed E-state index contributed by atoms with van der Waals surface area (Å²) in [7, 11) is 1.58. The van der Waals surface area contributed by atoms with Crippen molar-refractivity contribution in [2.75, 3.05) is 13.6 Å². The average Bonchev–Trinajstić information content (AvgIpc) is 2.77. The van der Waals surface area contributed by atoms with Crippen LogP contribution in [-0.4, -0.2) is 45.6 Å². The molecule has 128 valence electrons. The molecule has 1 saturated heterocycles. The number of amidine groups is 1. The van der Waals surface area contributed by atoms with Crippen molar-refractivity contribution in [3.05, 3.63) is 33.9 Å². The lowest BCUT2D eigenvalue weighted by molar-refractivity contribution is -0.384. The Morgan fingerprint density at radius 3 is 2.83 bits per heavy atom. The monoisotopic (exact) mass is 350 g/mol. The predicted molar refractivity (Wildman–Crippen MR) is 92.4 cm³/mol. The molecule has 1 heterocycles. The molecule has 1 aromatic rings. The molecule has 24 heavy (non-hydrogen) atoms. The van der Waals surface area contributed by atoms with Crippen LogP contribution >= 0.6 is 11.8 Å². The molecule has 2 amide bonds. The smallest absolute Gasteiger partial charge is 0.271 e. The number of carbonyl (C=O) groups excluding carboxylic acids is 2. The third-order valence-electron chi connectivity index (χ3n) is 3.50. The van der Waals surface area contributed by atoms with Gasteiger partial charge in [-0.2, -0.15) is 0 Å². The van der Waals surface area contributed by atoms with Gasteiger partial charge in [-0.25, -0.2) is 4.99 Å². The summed E-state index contributed by atoms with van der Waals surface area (Å²) in [6.45, 7) is 4.11. The van der Waals surface area contributed by atoms with E-state index in [1.54, 1.807) is 20.0 Å². The number of carbonyl (C=O) groups is 2. The Hall–Kier alpha value is -2.42. The van der Waals surface area contributed by atoms with Crippen LogP contribution in [0, 0.1) is 17.0 Å². The largest absolute Gasteiger partial charge is 0.356 e. The van der Waals surface area contributed by atoms with E-state index >= 15 is 0 Å². The summed E-state index contributed by atoms with van der Waals surface area (Å²) >= 11 is 1.19. The number of aliphatic imine (C=N–C) groups is 1. The van der Waals surface area contributed by atoms with Gasteiger partial charge in [-0.3, -0.25) is 24.6 Å². The van der Waals surface area contributed by atoms with Crippen molar-refractivity contribution in [2.45, 2.75) is 25.5 Å². The minimum Gasteiger partial charge on any atom is -0.356 e. The lowest BCUT2D eigenvalue weighted by Gasteiger charge is -2.09. The van der Waals surface area contributed by atoms with Gasteiger partial charge in [0, 0.05) is 32.1 Å². The van der Waals surface area contributed by atoms with Crippen molar-refractivity contribution in [2.24, 2.45) is 4.99 Å². The number of aryl methyl sites for hydroxylation is 1. The summed E-state index contributed by atoms with van der Waals surface area (Å²) in [6.07, 6.45) is 0.0780. The quantitative estimate of drug-likeness (QED) is 0.646. The van der Waals surface area contributed by atoms with Gasteiger partial charge in [0.1, 0.15) is 5.25 Å². The topological polar surface area (TPSA) is 105 Å². The molecule has 1 N–H and O–H groups in total. The maximum atomic E-state index is 12.2. The maximum Gasteiger partial charge on any atom is 0.271 e. The van der Waals surface area contributed by atoms with E-state index in [2.05, 4.69) is 10.3 Å². The normalized spacial score (nSPS) is 19.0. The highest BCUT2D eigenvalue weighted by Crippen LogP contribution is 2.32. The molecule has 1 atom stereocenters. The van der Waals surface area contributed by atoms with Gasteiger partial charge < -0.3 is 5.32 Å². The summed E-state index contributed by atoms with van der Waals surface area (Å²) in [6, 6.07) is 4.40. The van der Waals surface area contributed by atoms with Crippen molar-refractivity contribution in [1.82, 2.24) is 10.2 Å². The lowest BCUT2D eigenvalue weighted by atomic mass is 10.2. The highest BCUT2D eigenvalue weighted by atomic mass is 32.2. The Morgan fingerprint density at radius 2 is 2.21 bits per heavy atom. The number of nitrogens with one attached hydrogen (secondary N) is 1. The Morgan fingerprint density at radius 1 is 1.50 bits per heavy atom. The van der Waals surface area contributed by atoms with Gasteiger partial charge in [-0.1, -0.05) is 17.8 Å². The van der Waals surface area contributed by atoms with Crippen LogP contribution < -0.4 is 5.32 Å². The van der Waals surface area contributed by atoms with Gasteiger partial charge in [-0.05, 0) is 19.4 Å². The number of amides is 2. The van der Waals surface area contributed by atoms with Gasteiger partial charge >= 0.3 is 0 Å². The van der Waals surface area contributed by atoms with E-state index in [0.717, 1.165) is 5.56 Å². The molecular formula is C15H18N4O4S. The second-order valence-electron chi connectivity index (χ2n) is 5.28. The molecule has 0 saturated carbocycles. The number of benzene rings is 1. The molecule has 9 heteroatoms. The van der Waals surface area contributed by atoms with Crippen molar-refractivity contribution < 1.29 is 14.5 Å². The van der Waals surface area contributed by atoms with Gasteiger partial charge in [0.2, 0.25) is 11.8 Å². The first-order chi connectivity index (χ1) is 11.3. The van der Waals surface area contributed by atoms with Crippen LogP contribution in [0.15, 0.2) is 23.2 Å². The zero-order valence-corrected chi connectivity index (χ0v) is 14.4. The molecule has 1 fully saturated rings. The second kappa shape index (κ2) is 7.43. The zero-order chi connectivity index (χ0) is 17.9. The fourth-order valence-electron chi connectivity index (χ4n) is 2.17. The average molecular weight is 350 g/mol. The van der Waals surface area contributed by atoms with E-state index in [0.29, 0.717) is 17.4 Å². The van der Waals surface area contributed by atoms with Crippen molar-refractivity contribution in [1.29, 1.82) is 0 Å². The van der Waals surface area contributed by atoms with E-state index in [1.165, 1.54) is 28.8 Å². The molecule has 8 nitrogen and oxygen atoms in total. The van der Waals surface area contributed by atoms with Crippen molar-refractivity contribution in [3.63, 3.8) is 0 Å². The zero-order valence-electron chi connectivity index (χ0n) is 13.6. The molecular weight excluding hydrogens is 332 g/mol. The number of nitrogens with zero attached hydrogens (tertiary/aromatic N) is 3. The van der Waals surface area contributed by atoms with Crippen LogP contribution in [0.1, 0.15) is 18.9 Å². The highest BCUT2D eigenvalue weighted by molar-refractivity contribution is 8.15. The molecule has 0 spiro atoms. The van der Waals surface area contributed by atoms with Crippen LogP contribution in [0.3, 0.4) is 0 Å². The van der Waals surface area contributed by atoms with E-state index < -0.39 is 10.2 Å². The Kier molecular flexibility index (Phi) is 5.55. The number of rotatable bonds is 5. The molecule has 0 aliphatic carbocycles. The Bertz CT molecular complexity index is 719. The Labute approximate surface area is 143 Å². The molecule has 1 unspecified atom stereocenters. The van der Waals surface area contributed by atoms with Gasteiger partial charge in [0.25, 0.3) is 5.69 Å². The van der Waals surface area contributed by atoms with Crippen LogP contribution in [0.25, 0.3) is 0 Å². The molecule has 0 aromatic heterocycles. The number of hydrogen-bond acceptors (Lipinski definition) is 6. The number of nitro benzene ring substituents is 1. The molecule has 2 rings (SSSR count). The number of hydrogen-bond donors (Lipinski definition) is 1. The van der Waals surface area contributed by atoms with Gasteiger partial charge in [0.05, 0.1) is 10.6 Å². The Balaban J connectivity index is 2.24. The standard InChI is InChI=1S/C15H18N4O4S/c1-4-16-13(20)8-12-14(21)18(3)15(24-12)17-11-7-10(19(22)23)6-5-9(11)2/h5-7,12H,4,8H2,1-3H3,(H,16,20). The predicted octanol–water partition coefficient (Wildman–Crippen LogP) is 1.99. The summed E-state index contributed by atoms with van der Waals surface area (Å²) < 4.78 is 0. The summed E-state index contributed by atoms with van der Waals surface area (Å²) in [4.78, 5) is 40.1. The van der Waals surface area contributed by atoms with E-state index in [1.807, 2.05) is 6.92 Å². The first kappa shape index (κ1) is 17.9. The third-order valence-corrected chi connectivity index (χ3v) is 4.73. The molecule has 1 aromatic carbocycles. The molecule has 0 bridgehead atoms. The van der Waals surface area contributed by atoms with Crippen LogP contribution in [-0.2, 0) is 9.59 Å². The first-order valence-corrected chi connectivity index (χ1v) is 8.26. The summed E-state index contributed by atoms with van der Waals surface area (Å²) in [5.74, 6) is -0.391. The number of thioether (sulfide) groups is 1. The molecule has 1 aliphatic rings.